The Morgan fingerprint density at radius 3 is 3.17 bits per heavy atom. The molecule has 4 rings (SSSR count). The van der Waals surface area contributed by atoms with Crippen molar-refractivity contribution in [3.63, 3.8) is 0 Å². The molecular weight excluding hydrogens is 293 g/mol. The van der Waals surface area contributed by atoms with Crippen molar-refractivity contribution in [1.82, 2.24) is 15.1 Å². The molecule has 2 heterocycles. The number of halogens is 1. The number of hydrogen-bond acceptors (Lipinski definition) is 3. The first kappa shape index (κ1) is 14.7. The molecule has 0 radical (unpaired) electrons. The molecule has 1 fully saturated rings. The first-order valence-electron chi connectivity index (χ1n) is 8.28. The summed E-state index contributed by atoms with van der Waals surface area (Å²) in [5.74, 6) is 0.386. The molecule has 1 aromatic heterocycles. The Morgan fingerprint density at radius 2 is 2.30 bits per heavy atom. The lowest BCUT2D eigenvalue weighted by Gasteiger charge is -2.40. The van der Waals surface area contributed by atoms with E-state index in [2.05, 4.69) is 15.1 Å². The van der Waals surface area contributed by atoms with E-state index < -0.39 is 0 Å². The molecule has 0 amide bonds. The lowest BCUT2D eigenvalue weighted by molar-refractivity contribution is 0.135. The Morgan fingerprint density at radius 1 is 1.39 bits per heavy atom. The maximum absolute atomic E-state index is 13.4. The zero-order chi connectivity index (χ0) is 15.9. The van der Waals surface area contributed by atoms with Gasteiger partial charge in [-0.2, -0.15) is 5.10 Å². The lowest BCUT2D eigenvalue weighted by atomic mass is 9.77. The van der Waals surface area contributed by atoms with Gasteiger partial charge in [0, 0.05) is 35.8 Å². The quantitative estimate of drug-likeness (QED) is 0.946. The van der Waals surface area contributed by atoms with Crippen LogP contribution >= 0.6 is 0 Å². The first-order chi connectivity index (χ1) is 11.2. The summed E-state index contributed by atoms with van der Waals surface area (Å²) in [7, 11) is 1.60. The highest BCUT2D eigenvalue weighted by atomic mass is 19.1. The first-order valence-corrected chi connectivity index (χ1v) is 8.28. The van der Waals surface area contributed by atoms with Gasteiger partial charge in [0.15, 0.2) is 0 Å². The van der Waals surface area contributed by atoms with Gasteiger partial charge in [-0.1, -0.05) is 6.07 Å². The minimum Gasteiger partial charge on any atom is -0.496 e. The molecule has 0 bridgehead atoms. The highest BCUT2D eigenvalue weighted by Gasteiger charge is 2.43. The third-order valence-electron chi connectivity index (χ3n) is 5.42. The Bertz CT molecular complexity index is 714. The van der Waals surface area contributed by atoms with E-state index in [4.69, 9.17) is 4.74 Å². The fourth-order valence-corrected chi connectivity index (χ4v) is 4.32. The van der Waals surface area contributed by atoms with Crippen molar-refractivity contribution < 1.29 is 9.13 Å². The number of hydrogen-bond donors (Lipinski definition) is 1. The summed E-state index contributed by atoms with van der Waals surface area (Å²) >= 11 is 0. The summed E-state index contributed by atoms with van der Waals surface area (Å²) in [4.78, 5) is 2.47. The predicted octanol–water partition coefficient (Wildman–Crippen LogP) is 3.04. The van der Waals surface area contributed by atoms with Gasteiger partial charge in [-0.05, 0) is 43.9 Å². The van der Waals surface area contributed by atoms with Crippen molar-refractivity contribution in [3.05, 3.63) is 47.0 Å². The minimum atomic E-state index is -0.251. The molecular formula is C18H22FN3O. The van der Waals surface area contributed by atoms with E-state index in [9.17, 15) is 4.39 Å². The van der Waals surface area contributed by atoms with Crippen LogP contribution in [0.1, 0.15) is 36.1 Å². The fraction of sp³-hybridized carbons (Fsp3) is 0.500. The predicted molar refractivity (Wildman–Crippen MR) is 86.0 cm³/mol. The van der Waals surface area contributed by atoms with Gasteiger partial charge in [-0.3, -0.25) is 10.00 Å². The average Bonchev–Trinajstić information content (AvgIpc) is 3.15. The van der Waals surface area contributed by atoms with Crippen molar-refractivity contribution in [1.29, 1.82) is 0 Å². The van der Waals surface area contributed by atoms with Crippen LogP contribution in [0.4, 0.5) is 4.39 Å². The zero-order valence-electron chi connectivity index (χ0n) is 13.4. The van der Waals surface area contributed by atoms with E-state index in [1.807, 2.05) is 12.3 Å². The maximum atomic E-state index is 13.4. The Hall–Kier alpha value is -1.88. The number of nitrogens with one attached hydrogen (secondary N) is 1. The number of benzene rings is 1. The van der Waals surface area contributed by atoms with Crippen molar-refractivity contribution >= 4 is 0 Å². The number of ether oxygens (including phenoxy) is 1. The molecule has 1 unspecified atom stereocenters. The van der Waals surface area contributed by atoms with Gasteiger partial charge in [0.2, 0.25) is 0 Å². The van der Waals surface area contributed by atoms with Gasteiger partial charge in [0.25, 0.3) is 0 Å². The number of rotatable bonds is 3. The highest BCUT2D eigenvalue weighted by molar-refractivity contribution is 5.35. The summed E-state index contributed by atoms with van der Waals surface area (Å²) in [6.07, 6.45) is 6.71. The standard InChI is InChI=1S/C18H22FN3O/c1-23-16-9-15(19)4-3-14(16)11-22-8-2-6-18(12-22)7-5-13-10-20-21-17(13)18/h3-4,9-10H,2,5-8,11-12H2,1H3,(H,20,21). The third kappa shape index (κ3) is 2.53. The number of fused-ring (bicyclic) bond motifs is 2. The van der Waals surface area contributed by atoms with Gasteiger partial charge in [-0.15, -0.1) is 0 Å². The van der Waals surface area contributed by atoms with E-state index >= 15 is 0 Å². The molecule has 1 aliphatic heterocycles. The molecule has 1 aliphatic carbocycles. The summed E-state index contributed by atoms with van der Waals surface area (Å²) < 4.78 is 18.7. The van der Waals surface area contributed by atoms with Crippen LogP contribution in [0.15, 0.2) is 24.4 Å². The molecule has 1 spiro atoms. The number of aromatic amines is 1. The van der Waals surface area contributed by atoms with E-state index in [0.717, 1.165) is 31.6 Å². The van der Waals surface area contributed by atoms with Gasteiger partial charge in [-0.25, -0.2) is 4.39 Å². The van der Waals surface area contributed by atoms with Gasteiger partial charge < -0.3 is 4.74 Å². The van der Waals surface area contributed by atoms with Crippen molar-refractivity contribution in [2.24, 2.45) is 0 Å². The second-order valence-electron chi connectivity index (χ2n) is 6.82. The van der Waals surface area contributed by atoms with E-state index in [0.29, 0.717) is 5.75 Å². The number of likely N-dealkylation sites (tertiary alicyclic amines) is 1. The van der Waals surface area contributed by atoms with Crippen LogP contribution in [-0.2, 0) is 18.4 Å². The molecule has 5 heteroatoms. The largest absolute Gasteiger partial charge is 0.496 e. The summed E-state index contributed by atoms with van der Waals surface area (Å²) in [6, 6.07) is 4.82. The van der Waals surface area contributed by atoms with Crippen LogP contribution in [-0.4, -0.2) is 35.3 Å². The van der Waals surface area contributed by atoms with Crippen LogP contribution in [0.2, 0.25) is 0 Å². The average molecular weight is 315 g/mol. The molecule has 23 heavy (non-hydrogen) atoms. The summed E-state index contributed by atoms with van der Waals surface area (Å²) in [5, 5.41) is 7.48. The molecule has 0 saturated carbocycles. The fourth-order valence-electron chi connectivity index (χ4n) is 4.32. The molecule has 1 saturated heterocycles. The number of nitrogens with zero attached hydrogens (tertiary/aromatic N) is 2. The van der Waals surface area contributed by atoms with Crippen LogP contribution < -0.4 is 4.74 Å². The smallest absolute Gasteiger partial charge is 0.126 e. The molecule has 1 N–H and O–H groups in total. The number of H-pyrrole nitrogens is 1. The van der Waals surface area contributed by atoms with Crippen molar-refractivity contribution in [2.45, 2.75) is 37.6 Å². The van der Waals surface area contributed by atoms with Crippen LogP contribution in [0.25, 0.3) is 0 Å². The van der Waals surface area contributed by atoms with Crippen LogP contribution in [0.5, 0.6) is 5.75 Å². The van der Waals surface area contributed by atoms with E-state index in [1.54, 1.807) is 7.11 Å². The number of aromatic nitrogens is 2. The third-order valence-corrected chi connectivity index (χ3v) is 5.42. The molecule has 1 atom stereocenters. The summed E-state index contributed by atoms with van der Waals surface area (Å²) in [5.41, 5.74) is 3.99. The number of aryl methyl sites for hydroxylation is 1. The van der Waals surface area contributed by atoms with Gasteiger partial charge in [0.1, 0.15) is 11.6 Å². The topological polar surface area (TPSA) is 41.1 Å². The number of methoxy groups -OCH3 is 1. The SMILES string of the molecule is COc1cc(F)ccc1CN1CCCC2(CCc3cn[nH]c32)C1. The Labute approximate surface area is 135 Å². The van der Waals surface area contributed by atoms with Crippen LogP contribution in [0, 0.1) is 5.82 Å². The normalized spacial score (nSPS) is 24.1. The van der Waals surface area contributed by atoms with Crippen molar-refractivity contribution in [3.8, 4) is 5.75 Å². The monoisotopic (exact) mass is 315 g/mol. The second-order valence-corrected chi connectivity index (χ2v) is 6.82. The number of piperidine rings is 1. The summed E-state index contributed by atoms with van der Waals surface area (Å²) in [6.45, 7) is 2.91. The van der Waals surface area contributed by atoms with Gasteiger partial charge >= 0.3 is 0 Å². The van der Waals surface area contributed by atoms with E-state index in [1.165, 1.54) is 42.7 Å². The van der Waals surface area contributed by atoms with Crippen molar-refractivity contribution in [2.75, 3.05) is 20.2 Å². The molecule has 122 valence electrons. The second kappa shape index (κ2) is 5.64. The molecule has 4 nitrogen and oxygen atoms in total. The lowest BCUT2D eigenvalue weighted by Crippen LogP contribution is -2.44. The highest BCUT2D eigenvalue weighted by Crippen LogP contribution is 2.44. The Kier molecular flexibility index (Phi) is 3.60. The van der Waals surface area contributed by atoms with Gasteiger partial charge in [0.05, 0.1) is 13.3 Å². The Balaban J connectivity index is 1.55. The van der Waals surface area contributed by atoms with E-state index in [-0.39, 0.29) is 11.2 Å². The zero-order valence-corrected chi connectivity index (χ0v) is 13.4. The van der Waals surface area contributed by atoms with Crippen LogP contribution in [0.3, 0.4) is 0 Å². The molecule has 2 aliphatic rings. The maximum Gasteiger partial charge on any atom is 0.126 e. The molecule has 2 aromatic rings. The minimum absolute atomic E-state index is 0.220. The molecule has 1 aromatic carbocycles.